The second kappa shape index (κ2) is 9.81. The molecular weight excluding hydrogens is 486 g/mol. The lowest BCUT2D eigenvalue weighted by Crippen LogP contribution is -2.25. The number of anilines is 2. The molecule has 4 aromatic rings. The topological polar surface area (TPSA) is 108 Å². The van der Waals surface area contributed by atoms with Gasteiger partial charge >= 0.3 is 0 Å². The Labute approximate surface area is 215 Å². The van der Waals surface area contributed by atoms with E-state index in [0.29, 0.717) is 28.3 Å². The van der Waals surface area contributed by atoms with Crippen molar-refractivity contribution in [2.45, 2.75) is 19.4 Å². The van der Waals surface area contributed by atoms with Crippen molar-refractivity contribution in [1.82, 2.24) is 14.3 Å². The van der Waals surface area contributed by atoms with E-state index in [1.165, 1.54) is 0 Å². The Balaban J connectivity index is 1.55. The van der Waals surface area contributed by atoms with E-state index >= 15 is 0 Å². The fourth-order valence-corrected chi connectivity index (χ4v) is 4.79. The lowest BCUT2D eigenvalue weighted by Gasteiger charge is -2.27. The number of fused-ring (bicyclic) bond motifs is 1. The summed E-state index contributed by atoms with van der Waals surface area (Å²) in [5.41, 5.74) is 5.96. The average Bonchev–Trinajstić information content (AvgIpc) is 3.72. The van der Waals surface area contributed by atoms with Crippen molar-refractivity contribution in [2.75, 3.05) is 17.7 Å². The predicted molar refractivity (Wildman–Crippen MR) is 145 cm³/mol. The largest absolute Gasteiger partial charge is 0.339 e. The summed E-state index contributed by atoms with van der Waals surface area (Å²) in [7, 11) is -1.55. The van der Waals surface area contributed by atoms with Crippen LogP contribution < -0.4 is 15.2 Å². The fraction of sp³-hybridized carbons (Fsp3) is 0.250. The maximum atomic E-state index is 12.9. The van der Waals surface area contributed by atoms with E-state index in [-0.39, 0.29) is 12.1 Å². The minimum atomic E-state index is -3.26. The molecule has 0 spiro atoms. The zero-order valence-electron chi connectivity index (χ0n) is 20.7. The third kappa shape index (κ3) is 5.56. The molecule has 5 rings (SSSR count). The van der Waals surface area contributed by atoms with Crippen LogP contribution in [0.5, 0.6) is 0 Å². The number of pyridine rings is 2. The summed E-state index contributed by atoms with van der Waals surface area (Å²) < 4.78 is 26.8. The second-order valence-corrected chi connectivity index (χ2v) is 11.3. The molecule has 2 aromatic heterocycles. The molecule has 37 heavy (non-hydrogen) atoms. The lowest BCUT2D eigenvalue weighted by atomic mass is 10.0. The molecule has 0 saturated heterocycles. The number of rotatable bonds is 8. The highest BCUT2D eigenvalue weighted by Crippen LogP contribution is 2.38. The molecule has 0 bridgehead atoms. The maximum absolute atomic E-state index is 12.9. The van der Waals surface area contributed by atoms with Gasteiger partial charge in [0.05, 0.1) is 17.5 Å². The van der Waals surface area contributed by atoms with E-state index in [4.69, 9.17) is 0 Å². The van der Waals surface area contributed by atoms with Crippen molar-refractivity contribution in [3.63, 3.8) is 0 Å². The monoisotopic (exact) mass is 513 g/mol. The van der Waals surface area contributed by atoms with Gasteiger partial charge in [-0.1, -0.05) is 36.4 Å². The van der Waals surface area contributed by atoms with E-state index in [1.54, 1.807) is 29.8 Å². The number of sulfonamides is 1. The summed E-state index contributed by atoms with van der Waals surface area (Å²) >= 11 is 0. The van der Waals surface area contributed by atoms with Crippen LogP contribution in [0.2, 0.25) is 0 Å². The summed E-state index contributed by atoms with van der Waals surface area (Å²) in [5.74, 6) is 0.531. The third-order valence-corrected chi connectivity index (χ3v) is 7.26. The van der Waals surface area contributed by atoms with Crippen molar-refractivity contribution >= 4 is 32.4 Å². The van der Waals surface area contributed by atoms with E-state index in [2.05, 4.69) is 26.7 Å². The molecule has 8 nitrogen and oxygen atoms in total. The van der Waals surface area contributed by atoms with Crippen LogP contribution in [0.3, 0.4) is 0 Å². The van der Waals surface area contributed by atoms with Gasteiger partial charge in [0.15, 0.2) is 0 Å². The summed E-state index contributed by atoms with van der Waals surface area (Å²) in [6.07, 6.45) is 3.42. The van der Waals surface area contributed by atoms with Crippen molar-refractivity contribution in [1.29, 1.82) is 5.26 Å². The molecule has 0 aliphatic heterocycles. The summed E-state index contributed by atoms with van der Waals surface area (Å²) in [6.45, 7) is 0.988. The average molecular weight is 514 g/mol. The number of nitriles is 1. The lowest BCUT2D eigenvalue weighted by molar-refractivity contribution is 0.587. The van der Waals surface area contributed by atoms with Crippen LogP contribution in [0, 0.1) is 17.2 Å². The molecule has 1 aliphatic rings. The standard InChI is InChI=1S/C28H27N5O3S/c1-32-25-13-12-23(16-29)31-28(25)26(15-27(32)34)33(18-20-6-7-20)24-5-3-4-22(14-24)21-10-8-19(9-11-21)17-30-37(2,35)36/h3-5,8-15,20,30H,6-7,17-18H2,1-2H3. The second-order valence-electron chi connectivity index (χ2n) is 9.50. The van der Waals surface area contributed by atoms with Gasteiger partial charge in [-0.25, -0.2) is 18.1 Å². The van der Waals surface area contributed by atoms with E-state index in [9.17, 15) is 18.5 Å². The summed E-state index contributed by atoms with van der Waals surface area (Å²) in [5, 5.41) is 9.45. The Morgan fingerprint density at radius 3 is 2.51 bits per heavy atom. The molecule has 1 fully saturated rings. The van der Waals surface area contributed by atoms with Crippen LogP contribution >= 0.6 is 0 Å². The van der Waals surface area contributed by atoms with Crippen molar-refractivity contribution in [3.8, 4) is 17.2 Å². The minimum absolute atomic E-state index is 0.135. The highest BCUT2D eigenvalue weighted by molar-refractivity contribution is 7.88. The van der Waals surface area contributed by atoms with Crippen LogP contribution in [0.25, 0.3) is 22.2 Å². The molecule has 0 atom stereocenters. The number of aromatic nitrogens is 2. The number of nitrogens with zero attached hydrogens (tertiary/aromatic N) is 4. The van der Waals surface area contributed by atoms with Crippen molar-refractivity contribution in [3.05, 3.63) is 88.3 Å². The van der Waals surface area contributed by atoms with Gasteiger partial charge in [0.25, 0.3) is 5.56 Å². The number of nitrogens with one attached hydrogen (secondary N) is 1. The molecule has 2 aromatic carbocycles. The van der Waals surface area contributed by atoms with Crippen molar-refractivity contribution in [2.24, 2.45) is 13.0 Å². The van der Waals surface area contributed by atoms with Gasteiger partial charge in [0, 0.05) is 31.9 Å². The Hall–Kier alpha value is -4.00. The first-order chi connectivity index (χ1) is 17.7. The first-order valence-corrected chi connectivity index (χ1v) is 13.9. The summed E-state index contributed by atoms with van der Waals surface area (Å²) in [6, 6.07) is 23.0. The molecule has 1 aliphatic carbocycles. The van der Waals surface area contributed by atoms with E-state index < -0.39 is 10.0 Å². The third-order valence-electron chi connectivity index (χ3n) is 6.60. The quantitative estimate of drug-likeness (QED) is 0.381. The van der Waals surface area contributed by atoms with Crippen LogP contribution in [-0.4, -0.2) is 30.8 Å². The van der Waals surface area contributed by atoms with Gasteiger partial charge in [-0.05, 0) is 59.7 Å². The zero-order chi connectivity index (χ0) is 26.2. The van der Waals surface area contributed by atoms with E-state index in [1.807, 2.05) is 42.5 Å². The number of aryl methyl sites for hydroxylation is 1. The zero-order valence-corrected chi connectivity index (χ0v) is 21.5. The Morgan fingerprint density at radius 1 is 1.08 bits per heavy atom. The molecule has 1 N–H and O–H groups in total. The Bertz CT molecular complexity index is 1680. The highest BCUT2D eigenvalue weighted by atomic mass is 32.2. The van der Waals surface area contributed by atoms with Gasteiger partial charge in [0.2, 0.25) is 10.0 Å². The van der Waals surface area contributed by atoms with Gasteiger partial charge in [-0.2, -0.15) is 5.26 Å². The molecule has 188 valence electrons. The van der Waals surface area contributed by atoms with Gasteiger partial charge in [-0.3, -0.25) is 4.79 Å². The van der Waals surface area contributed by atoms with Gasteiger partial charge in [-0.15, -0.1) is 0 Å². The molecule has 9 heteroatoms. The smallest absolute Gasteiger partial charge is 0.252 e. The fourth-order valence-electron chi connectivity index (χ4n) is 4.36. The van der Waals surface area contributed by atoms with E-state index in [0.717, 1.165) is 48.0 Å². The Kier molecular flexibility index (Phi) is 6.54. The van der Waals surface area contributed by atoms with Crippen LogP contribution in [0.4, 0.5) is 11.4 Å². The molecule has 2 heterocycles. The minimum Gasteiger partial charge on any atom is -0.339 e. The first-order valence-electron chi connectivity index (χ1n) is 12.0. The summed E-state index contributed by atoms with van der Waals surface area (Å²) in [4.78, 5) is 19.6. The molecule has 0 radical (unpaired) electrons. The Morgan fingerprint density at radius 2 is 1.84 bits per heavy atom. The highest BCUT2D eigenvalue weighted by Gasteiger charge is 2.27. The van der Waals surface area contributed by atoms with Crippen LogP contribution in [0.1, 0.15) is 24.1 Å². The van der Waals surface area contributed by atoms with Crippen LogP contribution in [0.15, 0.2) is 71.5 Å². The molecular formula is C28H27N5O3S. The van der Waals surface area contributed by atoms with Gasteiger partial charge < -0.3 is 9.47 Å². The maximum Gasteiger partial charge on any atom is 0.252 e. The first kappa shape index (κ1) is 24.7. The van der Waals surface area contributed by atoms with Crippen LogP contribution in [-0.2, 0) is 23.6 Å². The molecule has 0 amide bonds. The SMILES string of the molecule is Cn1c(=O)cc(N(CC2CC2)c2cccc(-c3ccc(CNS(C)(=O)=O)cc3)c2)c2nc(C#N)ccc21. The number of hydrogen-bond donors (Lipinski definition) is 1. The van der Waals surface area contributed by atoms with Crippen molar-refractivity contribution < 1.29 is 8.42 Å². The number of hydrogen-bond acceptors (Lipinski definition) is 6. The molecule has 1 saturated carbocycles. The predicted octanol–water partition coefficient (Wildman–Crippen LogP) is 4.07. The molecule has 0 unspecified atom stereocenters. The number of benzene rings is 2. The van der Waals surface area contributed by atoms with Gasteiger partial charge in [0.1, 0.15) is 17.3 Å². The normalized spacial score (nSPS) is 13.4.